The number of para-hydroxylation sites is 4. The van der Waals surface area contributed by atoms with E-state index < -0.39 is 0 Å². The van der Waals surface area contributed by atoms with Crippen molar-refractivity contribution in [1.29, 1.82) is 0 Å². The summed E-state index contributed by atoms with van der Waals surface area (Å²) in [6.45, 7) is 22.5. The van der Waals surface area contributed by atoms with Crippen molar-refractivity contribution in [3.63, 3.8) is 0 Å². The molecule has 9 aromatic rings. The molecule has 0 saturated heterocycles. The summed E-state index contributed by atoms with van der Waals surface area (Å²) in [5, 5.41) is 2.61. The fraction of sp³-hybridized carbons (Fsp3) is 0.226. The summed E-state index contributed by atoms with van der Waals surface area (Å²) in [7, 11) is 0. The van der Waals surface area contributed by atoms with E-state index in [9.17, 15) is 0 Å². The van der Waals surface area contributed by atoms with Crippen LogP contribution in [0.2, 0.25) is 0 Å². The number of benzene rings is 8. The molecule has 5 heterocycles. The first-order valence-electron chi connectivity index (χ1n) is 23.7. The molecule has 0 N–H and O–H groups in total. The molecule has 0 bridgehead atoms. The van der Waals surface area contributed by atoms with Crippen molar-refractivity contribution >= 4 is 55.9 Å². The van der Waals surface area contributed by atoms with E-state index in [1.165, 1.54) is 123 Å². The summed E-state index contributed by atoms with van der Waals surface area (Å²) in [6, 6.07) is 60.7. The Hall–Kier alpha value is -6.84. The third-order valence-electron chi connectivity index (χ3n) is 16.5. The number of aromatic nitrogens is 1. The van der Waals surface area contributed by atoms with Gasteiger partial charge in [0.2, 0.25) is 0 Å². The van der Waals surface area contributed by atoms with Crippen LogP contribution in [0, 0.1) is 0 Å². The Bertz CT molecular complexity index is 3160. The van der Waals surface area contributed by atoms with Gasteiger partial charge >= 0.3 is 0 Å². The van der Waals surface area contributed by atoms with Gasteiger partial charge in [0.25, 0.3) is 0 Å². The Morgan fingerprint density at radius 2 is 0.615 bits per heavy atom. The van der Waals surface area contributed by atoms with E-state index >= 15 is 0 Å². The topological polar surface area (TPSA) is 11.4 Å². The molecule has 0 saturated carbocycles. The number of fused-ring (bicyclic) bond motifs is 11. The quantitative estimate of drug-likeness (QED) is 0.176. The lowest BCUT2D eigenvalue weighted by atomic mass is 9.65. The van der Waals surface area contributed by atoms with Crippen LogP contribution in [0.3, 0.4) is 0 Å². The van der Waals surface area contributed by atoms with Crippen LogP contribution < -0.4 is 9.80 Å². The van der Waals surface area contributed by atoms with Gasteiger partial charge < -0.3 is 14.4 Å². The highest BCUT2D eigenvalue weighted by molar-refractivity contribution is 6.11. The zero-order valence-electron chi connectivity index (χ0n) is 39.1. The van der Waals surface area contributed by atoms with Gasteiger partial charge in [-0.05, 0) is 146 Å². The van der Waals surface area contributed by atoms with Gasteiger partial charge in [-0.3, -0.25) is 0 Å². The predicted molar refractivity (Wildman–Crippen MR) is 274 cm³/mol. The van der Waals surface area contributed by atoms with Crippen molar-refractivity contribution in [2.45, 2.75) is 90.5 Å². The molecule has 0 radical (unpaired) electrons. The van der Waals surface area contributed by atoms with Crippen molar-refractivity contribution in [3.8, 4) is 22.3 Å². The zero-order valence-corrected chi connectivity index (χ0v) is 39.1. The highest BCUT2D eigenvalue weighted by atomic mass is 15.2. The van der Waals surface area contributed by atoms with Crippen molar-refractivity contribution in [1.82, 2.24) is 4.57 Å². The largest absolute Gasteiger partial charge is 0.341 e. The number of aryl methyl sites for hydroxylation is 1. The number of hydrogen-bond donors (Lipinski definition) is 0. The van der Waals surface area contributed by atoms with Gasteiger partial charge in [0.15, 0.2) is 0 Å². The second-order valence-electron chi connectivity index (χ2n) is 21.3. The fourth-order valence-corrected chi connectivity index (χ4v) is 12.9. The number of hydrogen-bond acceptors (Lipinski definition) is 2. The maximum absolute atomic E-state index is 2.56. The molecule has 65 heavy (non-hydrogen) atoms. The number of anilines is 6. The van der Waals surface area contributed by atoms with Crippen molar-refractivity contribution in [2.24, 2.45) is 0 Å². The first-order chi connectivity index (χ1) is 31.2. The monoisotopic (exact) mass is 841 g/mol. The lowest BCUT2D eigenvalue weighted by molar-refractivity contribution is 0.597. The smallest absolute Gasteiger partial charge is 0.0544 e. The molecule has 8 aromatic carbocycles. The van der Waals surface area contributed by atoms with E-state index in [4.69, 9.17) is 0 Å². The molecule has 3 heteroatoms. The lowest BCUT2D eigenvalue weighted by Crippen LogP contribution is -2.38. The Kier molecular flexibility index (Phi) is 7.54. The summed E-state index contributed by atoms with van der Waals surface area (Å²) >= 11 is 0. The predicted octanol–water partition coefficient (Wildman–Crippen LogP) is 16.6. The third-order valence-corrected chi connectivity index (χ3v) is 16.5. The average Bonchev–Trinajstić information content (AvgIpc) is 3.63. The summed E-state index contributed by atoms with van der Waals surface area (Å²) in [4.78, 5) is 5.11. The molecule has 13 rings (SSSR count). The summed E-state index contributed by atoms with van der Waals surface area (Å²) < 4.78 is 2.50. The van der Waals surface area contributed by atoms with Crippen molar-refractivity contribution in [3.05, 3.63) is 202 Å². The van der Waals surface area contributed by atoms with Crippen LogP contribution in [0.4, 0.5) is 34.1 Å². The molecule has 4 aliphatic heterocycles. The van der Waals surface area contributed by atoms with Crippen LogP contribution in [0.15, 0.2) is 158 Å². The molecule has 0 fully saturated rings. The van der Waals surface area contributed by atoms with Crippen LogP contribution in [0.1, 0.15) is 107 Å². The minimum absolute atomic E-state index is 0.189. The van der Waals surface area contributed by atoms with Gasteiger partial charge in [0, 0.05) is 50.0 Å². The maximum atomic E-state index is 2.56. The molecule has 0 atom stereocenters. The van der Waals surface area contributed by atoms with E-state index in [-0.39, 0.29) is 21.7 Å². The molecular formula is C62H55N3. The molecule has 0 unspecified atom stereocenters. The van der Waals surface area contributed by atoms with Crippen LogP contribution in [-0.4, -0.2) is 4.57 Å². The highest BCUT2D eigenvalue weighted by Crippen LogP contribution is 2.62. The van der Waals surface area contributed by atoms with Gasteiger partial charge in [-0.2, -0.15) is 0 Å². The Balaban J connectivity index is 1.02. The molecule has 3 nitrogen and oxygen atoms in total. The first kappa shape index (κ1) is 38.6. The molecule has 4 aliphatic rings. The van der Waals surface area contributed by atoms with Gasteiger partial charge in [-0.15, -0.1) is 0 Å². The lowest BCUT2D eigenvalue weighted by Gasteiger charge is -2.49. The van der Waals surface area contributed by atoms with Gasteiger partial charge in [0.05, 0.1) is 34.1 Å². The standard InChI is InChI=1S/C62H55N3/c1-10-63-51-29-27-37(39-33-47-57-48(34-39)60(4,5)44-20-12-16-24-54(44)64(57)53-23-15-11-19-43(53)59(47,2)3)31-41(51)42-32-38(28-30-52(42)63)40-35-49-58-50(36-40)62(8,9)46-22-14-18-26-56(46)65(58)55-25-17-13-21-45(55)61(49,6)7/h11-36H,10H2,1-9H3. The second kappa shape index (κ2) is 12.7. The SMILES string of the molecule is CCn1c2ccc(-c3cc4c5c(c3)C(C)(C)c3ccccc3N5c3ccccc3C4(C)C)cc2c2cc(-c3cc4c5c(c3)C(C)(C)c3ccccc3N5c3ccccc3C4(C)C)ccc21. The summed E-state index contributed by atoms with van der Waals surface area (Å²) in [5.74, 6) is 0. The summed E-state index contributed by atoms with van der Waals surface area (Å²) in [6.07, 6.45) is 0. The Labute approximate surface area is 383 Å². The first-order valence-corrected chi connectivity index (χ1v) is 23.7. The Morgan fingerprint density at radius 1 is 0.323 bits per heavy atom. The van der Waals surface area contributed by atoms with Crippen LogP contribution >= 0.6 is 0 Å². The molecule has 0 spiro atoms. The number of rotatable bonds is 3. The molecule has 318 valence electrons. The molecular weight excluding hydrogens is 787 g/mol. The van der Waals surface area contributed by atoms with E-state index in [1.54, 1.807) is 0 Å². The van der Waals surface area contributed by atoms with E-state index in [1.807, 2.05) is 0 Å². The minimum atomic E-state index is -0.189. The van der Waals surface area contributed by atoms with Gasteiger partial charge in [-0.25, -0.2) is 0 Å². The summed E-state index contributed by atoms with van der Waals surface area (Å²) in [5.41, 5.74) is 25.7. The zero-order chi connectivity index (χ0) is 44.5. The van der Waals surface area contributed by atoms with Crippen LogP contribution in [0.25, 0.3) is 44.1 Å². The van der Waals surface area contributed by atoms with Gasteiger partial charge in [-0.1, -0.05) is 140 Å². The molecule has 1 aromatic heterocycles. The maximum Gasteiger partial charge on any atom is 0.0544 e. The van der Waals surface area contributed by atoms with E-state index in [0.717, 1.165) is 6.54 Å². The van der Waals surface area contributed by atoms with E-state index in [0.29, 0.717) is 0 Å². The molecule has 0 aliphatic carbocycles. The van der Waals surface area contributed by atoms with Crippen molar-refractivity contribution < 1.29 is 0 Å². The van der Waals surface area contributed by atoms with Crippen LogP contribution in [-0.2, 0) is 28.2 Å². The number of nitrogens with zero attached hydrogens (tertiary/aromatic N) is 3. The average molecular weight is 842 g/mol. The molecule has 0 amide bonds. The second-order valence-corrected chi connectivity index (χ2v) is 21.3. The Morgan fingerprint density at radius 3 is 0.908 bits per heavy atom. The minimum Gasteiger partial charge on any atom is -0.341 e. The van der Waals surface area contributed by atoms with Crippen LogP contribution in [0.5, 0.6) is 0 Å². The third kappa shape index (κ3) is 4.86. The van der Waals surface area contributed by atoms with Gasteiger partial charge in [0.1, 0.15) is 0 Å². The van der Waals surface area contributed by atoms with Crippen molar-refractivity contribution in [2.75, 3.05) is 9.80 Å². The highest BCUT2D eigenvalue weighted by Gasteiger charge is 2.47. The normalized spacial score (nSPS) is 17.2. The van der Waals surface area contributed by atoms with E-state index in [2.05, 4.69) is 234 Å². The fourth-order valence-electron chi connectivity index (χ4n) is 12.9.